The number of nitrogens with one attached hydrogen (secondary N) is 1. The van der Waals surface area contributed by atoms with Crippen molar-refractivity contribution in [2.24, 2.45) is 5.92 Å². The van der Waals surface area contributed by atoms with E-state index in [4.69, 9.17) is 4.74 Å². The Morgan fingerprint density at radius 2 is 1.93 bits per heavy atom. The average molecular weight is 386 g/mol. The maximum Gasteiger partial charge on any atom is 0.306 e. The van der Waals surface area contributed by atoms with Gasteiger partial charge in [-0.15, -0.1) is 0 Å². The van der Waals surface area contributed by atoms with Crippen LogP contribution in [-0.4, -0.2) is 17.9 Å². The van der Waals surface area contributed by atoms with E-state index in [0.29, 0.717) is 25.0 Å². The fourth-order valence-corrected chi connectivity index (χ4v) is 4.82. The molecule has 1 aliphatic carbocycles. The second-order valence-electron chi connectivity index (χ2n) is 8.51. The summed E-state index contributed by atoms with van der Waals surface area (Å²) in [6, 6.07) is 8.73. The molecule has 1 aromatic carbocycles. The minimum Gasteiger partial charge on any atom is -0.461 e. The van der Waals surface area contributed by atoms with Crippen LogP contribution in [0.15, 0.2) is 24.3 Å². The van der Waals surface area contributed by atoms with Crippen molar-refractivity contribution in [1.82, 2.24) is 5.32 Å². The fourth-order valence-electron chi connectivity index (χ4n) is 4.82. The van der Waals surface area contributed by atoms with E-state index in [1.165, 1.54) is 37.7 Å². The maximum atomic E-state index is 12.2. The molecule has 2 aliphatic rings. The molecule has 1 heterocycles. The van der Waals surface area contributed by atoms with Crippen LogP contribution in [0.1, 0.15) is 94.6 Å². The van der Waals surface area contributed by atoms with Gasteiger partial charge in [0.1, 0.15) is 6.61 Å². The first-order chi connectivity index (χ1) is 13.7. The number of carbonyl (C=O) groups is 2. The van der Waals surface area contributed by atoms with E-state index < -0.39 is 0 Å². The minimum absolute atomic E-state index is 0.0661. The molecule has 2 unspecified atom stereocenters. The first kappa shape index (κ1) is 20.9. The van der Waals surface area contributed by atoms with Crippen LogP contribution in [-0.2, 0) is 20.9 Å². The van der Waals surface area contributed by atoms with Crippen LogP contribution in [0.5, 0.6) is 0 Å². The molecule has 1 N–H and O–H groups in total. The predicted octanol–water partition coefficient (Wildman–Crippen LogP) is 5.25. The number of amides is 1. The summed E-state index contributed by atoms with van der Waals surface area (Å²) in [6.45, 7) is 2.51. The van der Waals surface area contributed by atoms with Crippen molar-refractivity contribution in [3.05, 3.63) is 35.4 Å². The molecule has 1 saturated heterocycles. The van der Waals surface area contributed by atoms with Crippen molar-refractivity contribution in [2.75, 3.05) is 0 Å². The highest BCUT2D eigenvalue weighted by molar-refractivity contribution is 5.81. The Kier molecular flexibility index (Phi) is 7.93. The molecule has 0 aromatic heterocycles. The molecule has 4 heteroatoms. The Morgan fingerprint density at radius 1 is 1.14 bits per heavy atom. The lowest BCUT2D eigenvalue weighted by atomic mass is 9.82. The van der Waals surface area contributed by atoms with E-state index in [9.17, 15) is 9.59 Å². The number of benzene rings is 1. The molecule has 1 aromatic rings. The summed E-state index contributed by atoms with van der Waals surface area (Å²) in [7, 11) is 0. The molecule has 154 valence electrons. The highest BCUT2D eigenvalue weighted by Gasteiger charge is 2.30. The number of hydrogen-bond acceptors (Lipinski definition) is 3. The number of hydrogen-bond donors (Lipinski definition) is 1. The van der Waals surface area contributed by atoms with E-state index >= 15 is 0 Å². The molecule has 0 bridgehead atoms. The Hall–Kier alpha value is -1.84. The molecule has 1 saturated carbocycles. The minimum atomic E-state index is -0.151. The molecule has 1 amide bonds. The smallest absolute Gasteiger partial charge is 0.306 e. The zero-order valence-electron chi connectivity index (χ0n) is 17.3. The standard InChI is InChI=1S/C24H35NO3/c1-2-9-21-16-19(24(27)25-21)13-8-15-23(26)28-17-20-12-6-7-14-22(20)18-10-4-3-5-11-18/h6-7,12,14,18-19,21H,2-5,8-11,13,15-17H2,1H3,(H,25,27). The fraction of sp³-hybridized carbons (Fsp3) is 0.667. The maximum absolute atomic E-state index is 12.2. The van der Waals surface area contributed by atoms with Crippen LogP contribution in [0.3, 0.4) is 0 Å². The van der Waals surface area contributed by atoms with Gasteiger partial charge in [0.2, 0.25) is 5.91 Å². The lowest BCUT2D eigenvalue weighted by molar-refractivity contribution is -0.145. The first-order valence-electron chi connectivity index (χ1n) is 11.2. The number of ether oxygens (including phenoxy) is 1. The summed E-state index contributed by atoms with van der Waals surface area (Å²) in [5.41, 5.74) is 2.51. The molecule has 0 spiro atoms. The molecule has 1 aliphatic heterocycles. The number of rotatable bonds is 9. The largest absolute Gasteiger partial charge is 0.461 e. The summed E-state index contributed by atoms with van der Waals surface area (Å²) in [5, 5.41) is 3.07. The average Bonchev–Trinajstić information content (AvgIpc) is 3.07. The van der Waals surface area contributed by atoms with Crippen molar-refractivity contribution in [3.63, 3.8) is 0 Å². The van der Waals surface area contributed by atoms with Crippen LogP contribution in [0.2, 0.25) is 0 Å². The van der Waals surface area contributed by atoms with Gasteiger partial charge in [0.25, 0.3) is 0 Å². The van der Waals surface area contributed by atoms with E-state index in [1.54, 1.807) is 0 Å². The zero-order chi connectivity index (χ0) is 19.8. The Balaban J connectivity index is 1.41. The number of carbonyl (C=O) groups excluding carboxylic acids is 2. The van der Waals surface area contributed by atoms with Crippen LogP contribution in [0.25, 0.3) is 0 Å². The van der Waals surface area contributed by atoms with Crippen molar-refractivity contribution in [1.29, 1.82) is 0 Å². The van der Waals surface area contributed by atoms with Gasteiger partial charge in [-0.2, -0.15) is 0 Å². The Bertz CT molecular complexity index is 651. The monoisotopic (exact) mass is 385 g/mol. The lowest BCUT2D eigenvalue weighted by Crippen LogP contribution is -2.26. The molecular weight excluding hydrogens is 350 g/mol. The third-order valence-corrected chi connectivity index (χ3v) is 6.35. The Labute approximate surface area is 169 Å². The van der Waals surface area contributed by atoms with Gasteiger partial charge < -0.3 is 10.1 Å². The first-order valence-corrected chi connectivity index (χ1v) is 11.2. The quantitative estimate of drug-likeness (QED) is 0.591. The molecule has 28 heavy (non-hydrogen) atoms. The summed E-state index contributed by atoms with van der Waals surface area (Å²) in [5.74, 6) is 0.687. The summed E-state index contributed by atoms with van der Waals surface area (Å²) in [6.07, 6.45) is 11.4. The summed E-state index contributed by atoms with van der Waals surface area (Å²) < 4.78 is 5.57. The molecule has 2 atom stereocenters. The van der Waals surface area contributed by atoms with Crippen molar-refractivity contribution >= 4 is 11.9 Å². The predicted molar refractivity (Wildman–Crippen MR) is 111 cm³/mol. The van der Waals surface area contributed by atoms with Crippen LogP contribution >= 0.6 is 0 Å². The second-order valence-corrected chi connectivity index (χ2v) is 8.51. The molecule has 0 radical (unpaired) electrons. The van der Waals surface area contributed by atoms with Crippen LogP contribution in [0, 0.1) is 5.92 Å². The van der Waals surface area contributed by atoms with Gasteiger partial charge in [-0.3, -0.25) is 9.59 Å². The van der Waals surface area contributed by atoms with Crippen LogP contribution in [0.4, 0.5) is 0 Å². The van der Waals surface area contributed by atoms with Gasteiger partial charge in [-0.25, -0.2) is 0 Å². The normalized spacial score (nSPS) is 22.8. The van der Waals surface area contributed by atoms with Gasteiger partial charge in [0.15, 0.2) is 0 Å². The Morgan fingerprint density at radius 3 is 2.71 bits per heavy atom. The molecular formula is C24H35NO3. The molecule has 2 fully saturated rings. The zero-order valence-corrected chi connectivity index (χ0v) is 17.3. The van der Waals surface area contributed by atoms with E-state index in [-0.39, 0.29) is 17.8 Å². The highest BCUT2D eigenvalue weighted by Crippen LogP contribution is 2.34. The van der Waals surface area contributed by atoms with Crippen molar-refractivity contribution < 1.29 is 14.3 Å². The van der Waals surface area contributed by atoms with Crippen molar-refractivity contribution in [3.8, 4) is 0 Å². The number of esters is 1. The second kappa shape index (κ2) is 10.6. The molecule has 4 nitrogen and oxygen atoms in total. The topological polar surface area (TPSA) is 55.4 Å². The lowest BCUT2D eigenvalue weighted by Gasteiger charge is -2.24. The van der Waals surface area contributed by atoms with Gasteiger partial charge in [-0.1, -0.05) is 56.9 Å². The van der Waals surface area contributed by atoms with Gasteiger partial charge >= 0.3 is 5.97 Å². The van der Waals surface area contributed by atoms with E-state index in [2.05, 4.69) is 30.4 Å². The SMILES string of the molecule is CCCC1CC(CCCC(=O)OCc2ccccc2C2CCCCC2)C(=O)N1. The van der Waals surface area contributed by atoms with Gasteiger partial charge in [0, 0.05) is 18.4 Å². The summed E-state index contributed by atoms with van der Waals surface area (Å²) in [4.78, 5) is 24.2. The third-order valence-electron chi connectivity index (χ3n) is 6.35. The highest BCUT2D eigenvalue weighted by atomic mass is 16.5. The van der Waals surface area contributed by atoms with E-state index in [1.807, 2.05) is 6.07 Å². The van der Waals surface area contributed by atoms with Crippen LogP contribution < -0.4 is 5.32 Å². The van der Waals surface area contributed by atoms with Gasteiger partial charge in [-0.05, 0) is 55.6 Å². The summed E-state index contributed by atoms with van der Waals surface area (Å²) >= 11 is 0. The van der Waals surface area contributed by atoms with E-state index in [0.717, 1.165) is 37.7 Å². The van der Waals surface area contributed by atoms with Gasteiger partial charge in [0.05, 0.1) is 0 Å². The third kappa shape index (κ3) is 5.83. The van der Waals surface area contributed by atoms with Crippen molar-refractivity contribution in [2.45, 2.75) is 96.1 Å². The molecule has 3 rings (SSSR count).